The maximum atomic E-state index is 12.7. The first-order valence-electron chi connectivity index (χ1n) is 12.0. The van der Waals surface area contributed by atoms with Crippen molar-refractivity contribution in [3.05, 3.63) is 76.8 Å². The van der Waals surface area contributed by atoms with Crippen molar-refractivity contribution in [2.75, 3.05) is 23.8 Å². The highest BCUT2D eigenvalue weighted by Crippen LogP contribution is 2.26. The lowest BCUT2D eigenvalue weighted by atomic mass is 10.2. The number of anilines is 2. The molecule has 0 aliphatic carbocycles. The van der Waals surface area contributed by atoms with Crippen LogP contribution in [0.5, 0.6) is 11.5 Å². The molecule has 3 aromatic rings. The number of amides is 1. The normalized spacial score (nSPS) is 10.9. The van der Waals surface area contributed by atoms with Gasteiger partial charge in [-0.2, -0.15) is 0 Å². The molecule has 0 aromatic heterocycles. The van der Waals surface area contributed by atoms with Gasteiger partial charge in [-0.05, 0) is 101 Å². The molecule has 3 rings (SSSR count). The second kappa shape index (κ2) is 14.1. The third kappa shape index (κ3) is 8.71. The van der Waals surface area contributed by atoms with E-state index >= 15 is 0 Å². The molecule has 0 aliphatic heterocycles. The number of carbonyl (C=O) groups is 1. The Balaban J connectivity index is 1.53. The standard InChI is InChI=1S/C27H30BrN3O5S2/c1-3-4-5-6-17-36-25-16-7-19(18-24(25)28)26(32)30-27(37)29-20-10-14-23(15-11-20)38(33,34)31-21-8-12-22(35-2)13-9-21/h7-16,18,31H,3-6,17H2,1-2H3,(H2,29,30,32,37). The molecule has 3 aromatic carbocycles. The highest BCUT2D eigenvalue weighted by atomic mass is 79.9. The molecule has 0 bridgehead atoms. The van der Waals surface area contributed by atoms with Crippen molar-refractivity contribution in [2.24, 2.45) is 0 Å². The molecule has 0 radical (unpaired) electrons. The fraction of sp³-hybridized carbons (Fsp3) is 0.259. The zero-order chi connectivity index (χ0) is 27.5. The van der Waals surface area contributed by atoms with Crippen LogP contribution < -0.4 is 24.8 Å². The predicted octanol–water partition coefficient (Wildman–Crippen LogP) is 6.34. The molecule has 202 valence electrons. The Bertz CT molecular complexity index is 1350. The molecule has 1 amide bonds. The number of thiocarbonyl (C=S) groups is 1. The third-order valence-electron chi connectivity index (χ3n) is 5.44. The number of hydrogen-bond acceptors (Lipinski definition) is 6. The quantitative estimate of drug-likeness (QED) is 0.160. The second-order valence-corrected chi connectivity index (χ2v) is 11.3. The Morgan fingerprint density at radius 3 is 2.26 bits per heavy atom. The van der Waals surface area contributed by atoms with Gasteiger partial charge in [0.1, 0.15) is 11.5 Å². The first-order chi connectivity index (χ1) is 18.2. The smallest absolute Gasteiger partial charge is 0.261 e. The molecule has 0 aliphatic rings. The van der Waals surface area contributed by atoms with Gasteiger partial charge in [0.2, 0.25) is 0 Å². The molecule has 0 saturated carbocycles. The van der Waals surface area contributed by atoms with E-state index in [1.165, 1.54) is 32.1 Å². The van der Waals surface area contributed by atoms with Crippen molar-refractivity contribution in [3.8, 4) is 11.5 Å². The predicted molar refractivity (Wildman–Crippen MR) is 158 cm³/mol. The van der Waals surface area contributed by atoms with Gasteiger partial charge in [-0.1, -0.05) is 26.2 Å². The molecule has 0 saturated heterocycles. The van der Waals surface area contributed by atoms with Gasteiger partial charge in [-0.3, -0.25) is 14.8 Å². The molecule has 0 atom stereocenters. The van der Waals surface area contributed by atoms with Crippen LogP contribution in [-0.2, 0) is 10.0 Å². The van der Waals surface area contributed by atoms with E-state index in [2.05, 4.69) is 38.2 Å². The van der Waals surface area contributed by atoms with Crippen molar-refractivity contribution in [1.82, 2.24) is 5.32 Å². The van der Waals surface area contributed by atoms with Gasteiger partial charge >= 0.3 is 0 Å². The lowest BCUT2D eigenvalue weighted by Gasteiger charge is -2.12. The van der Waals surface area contributed by atoms with Gasteiger partial charge < -0.3 is 14.8 Å². The summed E-state index contributed by atoms with van der Waals surface area (Å²) in [6, 6.07) is 17.6. The number of halogens is 1. The minimum atomic E-state index is -3.79. The van der Waals surface area contributed by atoms with E-state index in [0.29, 0.717) is 39.5 Å². The van der Waals surface area contributed by atoms with Gasteiger partial charge in [-0.15, -0.1) is 0 Å². The van der Waals surface area contributed by atoms with Gasteiger partial charge in [0.05, 0.1) is 23.1 Å². The summed E-state index contributed by atoms with van der Waals surface area (Å²) in [4.78, 5) is 12.7. The van der Waals surface area contributed by atoms with Crippen LogP contribution in [0, 0.1) is 0 Å². The third-order valence-corrected chi connectivity index (χ3v) is 7.66. The van der Waals surface area contributed by atoms with E-state index in [9.17, 15) is 13.2 Å². The number of hydrogen-bond donors (Lipinski definition) is 3. The average molecular weight is 621 g/mol. The summed E-state index contributed by atoms with van der Waals surface area (Å²) in [7, 11) is -2.25. The van der Waals surface area contributed by atoms with Crippen LogP contribution >= 0.6 is 28.1 Å². The average Bonchev–Trinajstić information content (AvgIpc) is 2.89. The Labute approximate surface area is 237 Å². The Kier molecular flexibility index (Phi) is 10.9. The van der Waals surface area contributed by atoms with Crippen LogP contribution in [0.25, 0.3) is 0 Å². The topological polar surface area (TPSA) is 106 Å². The van der Waals surface area contributed by atoms with Gasteiger partial charge in [0, 0.05) is 16.9 Å². The van der Waals surface area contributed by atoms with E-state index in [-0.39, 0.29) is 15.9 Å². The van der Waals surface area contributed by atoms with Crippen LogP contribution in [-0.4, -0.2) is 33.2 Å². The van der Waals surface area contributed by atoms with E-state index in [1.807, 2.05) is 0 Å². The molecular formula is C27H30BrN3O5S2. The zero-order valence-corrected chi connectivity index (χ0v) is 24.3. The summed E-state index contributed by atoms with van der Waals surface area (Å²) in [6.07, 6.45) is 4.45. The number of methoxy groups -OCH3 is 1. The maximum Gasteiger partial charge on any atom is 0.261 e. The fourth-order valence-electron chi connectivity index (χ4n) is 3.40. The number of nitrogens with one attached hydrogen (secondary N) is 3. The van der Waals surface area contributed by atoms with E-state index in [1.54, 1.807) is 54.6 Å². The lowest BCUT2D eigenvalue weighted by Crippen LogP contribution is -2.34. The summed E-state index contributed by atoms with van der Waals surface area (Å²) in [6.45, 7) is 2.78. The zero-order valence-electron chi connectivity index (χ0n) is 21.1. The first-order valence-corrected chi connectivity index (χ1v) is 14.7. The van der Waals surface area contributed by atoms with Crippen molar-refractivity contribution in [2.45, 2.75) is 37.5 Å². The van der Waals surface area contributed by atoms with Crippen molar-refractivity contribution >= 4 is 60.6 Å². The summed E-state index contributed by atoms with van der Waals surface area (Å²) in [5.41, 5.74) is 1.34. The number of ether oxygens (including phenoxy) is 2. The second-order valence-electron chi connectivity index (χ2n) is 8.32. The number of benzene rings is 3. The molecule has 0 fully saturated rings. The number of carbonyl (C=O) groups excluding carboxylic acids is 1. The number of rotatable bonds is 12. The van der Waals surface area contributed by atoms with Crippen molar-refractivity contribution in [3.63, 3.8) is 0 Å². The summed E-state index contributed by atoms with van der Waals surface area (Å²) >= 11 is 8.71. The van der Waals surface area contributed by atoms with Crippen LogP contribution in [0.4, 0.5) is 11.4 Å². The van der Waals surface area contributed by atoms with Gasteiger partial charge in [0.15, 0.2) is 5.11 Å². The van der Waals surface area contributed by atoms with Crippen LogP contribution in [0.2, 0.25) is 0 Å². The van der Waals surface area contributed by atoms with E-state index in [4.69, 9.17) is 21.7 Å². The number of sulfonamides is 1. The van der Waals surface area contributed by atoms with Crippen molar-refractivity contribution in [1.29, 1.82) is 0 Å². The van der Waals surface area contributed by atoms with Crippen molar-refractivity contribution < 1.29 is 22.7 Å². The fourth-order valence-corrected chi connectivity index (χ4v) is 5.16. The molecular weight excluding hydrogens is 590 g/mol. The molecule has 11 heteroatoms. The van der Waals surface area contributed by atoms with Crippen LogP contribution in [0.3, 0.4) is 0 Å². The lowest BCUT2D eigenvalue weighted by molar-refractivity contribution is 0.0977. The molecule has 0 unspecified atom stereocenters. The monoisotopic (exact) mass is 619 g/mol. The maximum absolute atomic E-state index is 12.7. The molecule has 38 heavy (non-hydrogen) atoms. The largest absolute Gasteiger partial charge is 0.497 e. The van der Waals surface area contributed by atoms with E-state index in [0.717, 1.165) is 12.8 Å². The molecule has 0 spiro atoms. The Morgan fingerprint density at radius 2 is 1.63 bits per heavy atom. The molecule has 0 heterocycles. The van der Waals surface area contributed by atoms with Gasteiger partial charge in [0.25, 0.3) is 15.9 Å². The van der Waals surface area contributed by atoms with Crippen LogP contribution in [0.15, 0.2) is 76.1 Å². The Hall–Kier alpha value is -3.15. The van der Waals surface area contributed by atoms with Crippen LogP contribution in [0.1, 0.15) is 43.0 Å². The minimum Gasteiger partial charge on any atom is -0.497 e. The first kappa shape index (κ1) is 29.4. The molecule has 3 N–H and O–H groups in total. The SMILES string of the molecule is CCCCCCOc1ccc(C(=O)NC(=S)Nc2ccc(S(=O)(=O)Nc3ccc(OC)cc3)cc2)cc1Br. The van der Waals surface area contributed by atoms with Gasteiger partial charge in [-0.25, -0.2) is 8.42 Å². The summed E-state index contributed by atoms with van der Waals surface area (Å²) in [5.74, 6) is 0.911. The summed E-state index contributed by atoms with van der Waals surface area (Å²) in [5, 5.41) is 5.59. The number of unbranched alkanes of at least 4 members (excludes halogenated alkanes) is 3. The molecule has 8 nitrogen and oxygen atoms in total. The highest BCUT2D eigenvalue weighted by Gasteiger charge is 2.15. The minimum absolute atomic E-state index is 0.0753. The highest BCUT2D eigenvalue weighted by molar-refractivity contribution is 9.10. The summed E-state index contributed by atoms with van der Waals surface area (Å²) < 4.78 is 39.4. The Morgan fingerprint density at radius 1 is 0.947 bits per heavy atom. The van der Waals surface area contributed by atoms with E-state index < -0.39 is 10.0 Å².